The second kappa shape index (κ2) is 9.67. The topological polar surface area (TPSA) is 113 Å². The highest BCUT2D eigenvalue weighted by Gasteiger charge is 2.78. The van der Waals surface area contributed by atoms with Gasteiger partial charge >= 0.3 is 11.9 Å². The number of esters is 2. The van der Waals surface area contributed by atoms with E-state index in [-0.39, 0.29) is 30.4 Å². The molecule has 8 unspecified atom stereocenters. The summed E-state index contributed by atoms with van der Waals surface area (Å²) in [6.07, 6.45) is 14.8. The molecule has 0 aromatic heterocycles. The van der Waals surface area contributed by atoms with Crippen molar-refractivity contribution in [3.05, 3.63) is 23.8 Å². The molecular formula is C33H48O7. The van der Waals surface area contributed by atoms with E-state index in [2.05, 4.69) is 6.92 Å². The van der Waals surface area contributed by atoms with Crippen LogP contribution < -0.4 is 0 Å². The van der Waals surface area contributed by atoms with E-state index in [0.717, 1.165) is 24.8 Å². The molecule has 6 rings (SSSR count). The van der Waals surface area contributed by atoms with Crippen molar-refractivity contribution in [2.75, 3.05) is 6.61 Å². The van der Waals surface area contributed by atoms with E-state index in [4.69, 9.17) is 9.47 Å². The van der Waals surface area contributed by atoms with Gasteiger partial charge < -0.3 is 24.8 Å². The number of carbonyl (C=O) groups excluding carboxylic acids is 2. The third-order valence-corrected chi connectivity index (χ3v) is 13.0. The number of hydrogen-bond donors (Lipinski definition) is 3. The van der Waals surface area contributed by atoms with E-state index in [0.29, 0.717) is 30.6 Å². The Morgan fingerprint density at radius 3 is 2.40 bits per heavy atom. The zero-order valence-corrected chi connectivity index (χ0v) is 24.5. The van der Waals surface area contributed by atoms with Gasteiger partial charge in [-0.25, -0.2) is 4.79 Å². The van der Waals surface area contributed by atoms with Gasteiger partial charge in [-0.2, -0.15) is 0 Å². The van der Waals surface area contributed by atoms with Crippen LogP contribution in [0.25, 0.3) is 0 Å². The van der Waals surface area contributed by atoms with Gasteiger partial charge in [-0.3, -0.25) is 4.79 Å². The third-order valence-electron chi connectivity index (χ3n) is 13.0. The van der Waals surface area contributed by atoms with Crippen LogP contribution >= 0.6 is 0 Å². The van der Waals surface area contributed by atoms with Crippen molar-refractivity contribution in [2.45, 2.75) is 128 Å². The first-order chi connectivity index (χ1) is 18.9. The minimum atomic E-state index is -1.48. The summed E-state index contributed by atoms with van der Waals surface area (Å²) in [7, 11) is 0. The zero-order chi connectivity index (χ0) is 28.6. The molecule has 40 heavy (non-hydrogen) atoms. The van der Waals surface area contributed by atoms with Crippen LogP contribution in [0.4, 0.5) is 0 Å². The standard InChI is InChI=1S/C33H48O7/c1-21(34)40-24-19-29(2)13-9-25(35)33(32(29,38)17-6-22-18-27(37)39-20-22)26(36)10-14-30(3,28(24)33)23-7-15-31(16-8-23)11-4-5-12-31/h9,13,18,23-26,28,35-36,38H,4-8,10-12,14-17,19-20H2,1-3H3. The van der Waals surface area contributed by atoms with Gasteiger partial charge in [0.25, 0.3) is 0 Å². The van der Waals surface area contributed by atoms with Crippen molar-refractivity contribution < 1.29 is 34.4 Å². The zero-order valence-electron chi connectivity index (χ0n) is 24.5. The molecule has 0 aromatic carbocycles. The highest BCUT2D eigenvalue weighted by atomic mass is 16.5. The smallest absolute Gasteiger partial charge is 0.331 e. The minimum absolute atomic E-state index is 0.209. The number of rotatable bonds is 5. The van der Waals surface area contributed by atoms with Gasteiger partial charge in [-0.05, 0) is 93.0 Å². The van der Waals surface area contributed by atoms with Crippen molar-refractivity contribution in [2.24, 2.45) is 33.5 Å². The van der Waals surface area contributed by atoms with Crippen LogP contribution in [-0.4, -0.2) is 57.8 Å². The van der Waals surface area contributed by atoms with Crippen LogP contribution in [0, 0.1) is 33.5 Å². The van der Waals surface area contributed by atoms with Crippen molar-refractivity contribution >= 4 is 11.9 Å². The van der Waals surface area contributed by atoms with Crippen LogP contribution in [0.1, 0.15) is 104 Å². The molecule has 222 valence electrons. The Balaban J connectivity index is 1.44. The van der Waals surface area contributed by atoms with Gasteiger partial charge in [-0.15, -0.1) is 0 Å². The SMILES string of the molecule is CC(=O)OC1CC2(C)C=CC(O)C3(C(O)CCC(C)(C4CCC5(CCCC5)CC4)C13)C2(O)CCC1=CC(=O)OC1. The number of hydrogen-bond acceptors (Lipinski definition) is 7. The number of carbonyl (C=O) groups is 2. The molecule has 0 amide bonds. The lowest BCUT2D eigenvalue weighted by molar-refractivity contribution is -0.338. The maximum absolute atomic E-state index is 13.0. The molecule has 5 aliphatic carbocycles. The average molecular weight is 557 g/mol. The summed E-state index contributed by atoms with van der Waals surface area (Å²) in [4.78, 5) is 24.3. The fourth-order valence-corrected chi connectivity index (χ4v) is 11.1. The Hall–Kier alpha value is -1.70. The second-order valence-electron chi connectivity index (χ2n) is 14.8. The van der Waals surface area contributed by atoms with Gasteiger partial charge in [0.15, 0.2) is 0 Å². The fourth-order valence-electron chi connectivity index (χ4n) is 11.1. The van der Waals surface area contributed by atoms with Gasteiger partial charge in [-0.1, -0.05) is 38.8 Å². The molecular weight excluding hydrogens is 508 g/mol. The summed E-state index contributed by atoms with van der Waals surface area (Å²) in [6.45, 7) is 5.90. The van der Waals surface area contributed by atoms with Crippen LogP contribution in [0.3, 0.4) is 0 Å². The summed E-state index contributed by atoms with van der Waals surface area (Å²) in [6, 6.07) is 0. The molecule has 6 aliphatic rings. The second-order valence-corrected chi connectivity index (χ2v) is 14.8. The van der Waals surface area contributed by atoms with E-state index in [1.54, 1.807) is 6.08 Å². The number of fused-ring (bicyclic) bond motifs is 1. The van der Waals surface area contributed by atoms with E-state index in [1.807, 2.05) is 13.0 Å². The van der Waals surface area contributed by atoms with Crippen LogP contribution in [-0.2, 0) is 19.1 Å². The first kappa shape index (κ1) is 28.4. The molecule has 2 spiro atoms. The molecule has 4 saturated carbocycles. The van der Waals surface area contributed by atoms with Crippen molar-refractivity contribution in [1.82, 2.24) is 0 Å². The van der Waals surface area contributed by atoms with Gasteiger partial charge in [0.1, 0.15) is 12.7 Å². The van der Waals surface area contributed by atoms with Crippen molar-refractivity contribution in [1.29, 1.82) is 0 Å². The number of aliphatic hydroxyl groups excluding tert-OH is 2. The lowest BCUT2D eigenvalue weighted by atomic mass is 9.33. The van der Waals surface area contributed by atoms with E-state index in [1.165, 1.54) is 51.5 Å². The summed E-state index contributed by atoms with van der Waals surface area (Å²) < 4.78 is 11.3. The summed E-state index contributed by atoms with van der Waals surface area (Å²) in [5, 5.41) is 37.0. The van der Waals surface area contributed by atoms with Gasteiger partial charge in [0.2, 0.25) is 0 Å². The summed E-state index contributed by atoms with van der Waals surface area (Å²) >= 11 is 0. The molecule has 0 radical (unpaired) electrons. The van der Waals surface area contributed by atoms with E-state index >= 15 is 0 Å². The Labute approximate surface area is 238 Å². The Morgan fingerprint density at radius 1 is 1.07 bits per heavy atom. The Kier molecular flexibility index (Phi) is 6.87. The Bertz CT molecular complexity index is 1100. The molecule has 0 saturated heterocycles. The molecule has 0 aromatic rings. The number of cyclic esters (lactones) is 1. The molecule has 2 bridgehead atoms. The maximum atomic E-state index is 13.0. The lowest BCUT2D eigenvalue weighted by Gasteiger charge is -2.73. The minimum Gasteiger partial charge on any atom is -0.462 e. The summed E-state index contributed by atoms with van der Waals surface area (Å²) in [5.41, 5.74) is -2.67. The molecule has 7 nitrogen and oxygen atoms in total. The first-order valence-electron chi connectivity index (χ1n) is 15.7. The van der Waals surface area contributed by atoms with Gasteiger partial charge in [0.05, 0.1) is 23.2 Å². The molecule has 1 heterocycles. The monoisotopic (exact) mass is 556 g/mol. The lowest BCUT2D eigenvalue weighted by Crippen LogP contribution is -2.80. The van der Waals surface area contributed by atoms with Crippen LogP contribution in [0.15, 0.2) is 23.8 Å². The highest BCUT2D eigenvalue weighted by Crippen LogP contribution is 2.73. The van der Waals surface area contributed by atoms with Crippen LogP contribution in [0.2, 0.25) is 0 Å². The normalized spacial score (nSPS) is 46.1. The van der Waals surface area contributed by atoms with E-state index < -0.39 is 40.7 Å². The number of ether oxygens (including phenoxy) is 2. The molecule has 3 N–H and O–H groups in total. The molecule has 7 heteroatoms. The summed E-state index contributed by atoms with van der Waals surface area (Å²) in [5.74, 6) is -0.788. The fraction of sp³-hybridized carbons (Fsp3) is 0.818. The van der Waals surface area contributed by atoms with E-state index in [9.17, 15) is 24.9 Å². The molecule has 1 aliphatic heterocycles. The average Bonchev–Trinajstić information content (AvgIpc) is 3.54. The molecule has 8 atom stereocenters. The van der Waals surface area contributed by atoms with Crippen molar-refractivity contribution in [3.63, 3.8) is 0 Å². The molecule has 4 fully saturated rings. The quantitative estimate of drug-likeness (QED) is 0.330. The predicted octanol–water partition coefficient (Wildman–Crippen LogP) is 4.77. The predicted molar refractivity (Wildman–Crippen MR) is 149 cm³/mol. The van der Waals surface area contributed by atoms with Crippen LogP contribution in [0.5, 0.6) is 0 Å². The first-order valence-corrected chi connectivity index (χ1v) is 15.7. The third kappa shape index (κ3) is 3.93. The highest BCUT2D eigenvalue weighted by molar-refractivity contribution is 5.85. The Morgan fingerprint density at radius 2 is 1.77 bits per heavy atom. The van der Waals surface area contributed by atoms with Crippen molar-refractivity contribution in [3.8, 4) is 0 Å². The largest absolute Gasteiger partial charge is 0.462 e. The number of aliphatic hydroxyl groups is 3. The maximum Gasteiger partial charge on any atom is 0.331 e. The van der Waals surface area contributed by atoms with Gasteiger partial charge in [0, 0.05) is 24.3 Å².